The SMILES string of the molecule is O=C(c1ccc([N+](=O)[O-])cc1)N1CCCCC1c1cccnc1. The molecule has 0 aliphatic carbocycles. The van der Waals surface area contributed by atoms with Gasteiger partial charge in [-0.3, -0.25) is 19.9 Å². The Morgan fingerprint density at radius 1 is 1.22 bits per heavy atom. The van der Waals surface area contributed by atoms with E-state index < -0.39 is 4.92 Å². The zero-order chi connectivity index (χ0) is 16.2. The first kappa shape index (κ1) is 15.1. The van der Waals surface area contributed by atoms with Gasteiger partial charge in [0.1, 0.15) is 0 Å². The maximum Gasteiger partial charge on any atom is 0.269 e. The van der Waals surface area contributed by atoms with Crippen LogP contribution in [0, 0.1) is 10.1 Å². The summed E-state index contributed by atoms with van der Waals surface area (Å²) < 4.78 is 0. The second-order valence-electron chi connectivity index (χ2n) is 5.60. The summed E-state index contributed by atoms with van der Waals surface area (Å²) in [5.74, 6) is -0.0894. The Balaban J connectivity index is 1.85. The molecule has 1 atom stereocenters. The maximum atomic E-state index is 12.8. The zero-order valence-electron chi connectivity index (χ0n) is 12.6. The average Bonchev–Trinajstić information content (AvgIpc) is 2.62. The summed E-state index contributed by atoms with van der Waals surface area (Å²) in [6, 6.07) is 9.66. The molecule has 6 nitrogen and oxygen atoms in total. The first-order valence-corrected chi connectivity index (χ1v) is 7.62. The van der Waals surface area contributed by atoms with Crippen LogP contribution in [0.4, 0.5) is 5.69 Å². The highest BCUT2D eigenvalue weighted by atomic mass is 16.6. The monoisotopic (exact) mass is 311 g/mol. The zero-order valence-corrected chi connectivity index (χ0v) is 12.6. The number of rotatable bonds is 3. The van der Waals surface area contributed by atoms with Crippen LogP contribution in [-0.4, -0.2) is 27.3 Å². The molecule has 3 rings (SSSR count). The molecule has 6 heteroatoms. The van der Waals surface area contributed by atoms with Crippen LogP contribution in [0.3, 0.4) is 0 Å². The van der Waals surface area contributed by atoms with Gasteiger partial charge >= 0.3 is 0 Å². The van der Waals surface area contributed by atoms with Gasteiger partial charge in [-0.15, -0.1) is 0 Å². The summed E-state index contributed by atoms with van der Waals surface area (Å²) in [4.78, 5) is 29.1. The van der Waals surface area contributed by atoms with Crippen LogP contribution >= 0.6 is 0 Å². The number of likely N-dealkylation sites (tertiary alicyclic amines) is 1. The van der Waals surface area contributed by atoms with E-state index >= 15 is 0 Å². The van der Waals surface area contributed by atoms with E-state index in [1.54, 1.807) is 12.4 Å². The van der Waals surface area contributed by atoms with Crippen LogP contribution in [0.25, 0.3) is 0 Å². The highest BCUT2D eigenvalue weighted by molar-refractivity contribution is 5.94. The van der Waals surface area contributed by atoms with Crippen molar-refractivity contribution in [1.29, 1.82) is 0 Å². The van der Waals surface area contributed by atoms with Gasteiger partial charge in [0.2, 0.25) is 0 Å². The molecule has 1 aliphatic heterocycles. The number of aromatic nitrogens is 1. The van der Waals surface area contributed by atoms with Gasteiger partial charge in [0.15, 0.2) is 0 Å². The van der Waals surface area contributed by atoms with Crippen LogP contribution < -0.4 is 0 Å². The number of nitro groups is 1. The summed E-state index contributed by atoms with van der Waals surface area (Å²) in [6.45, 7) is 0.690. The van der Waals surface area contributed by atoms with Crippen molar-refractivity contribution < 1.29 is 9.72 Å². The van der Waals surface area contributed by atoms with E-state index in [4.69, 9.17) is 0 Å². The molecule has 0 saturated carbocycles. The predicted octanol–water partition coefficient (Wildman–Crippen LogP) is 3.36. The molecule has 1 fully saturated rings. The van der Waals surface area contributed by atoms with Gasteiger partial charge in [0.05, 0.1) is 11.0 Å². The fraction of sp³-hybridized carbons (Fsp3) is 0.294. The van der Waals surface area contributed by atoms with E-state index in [1.165, 1.54) is 24.3 Å². The first-order chi connectivity index (χ1) is 11.2. The van der Waals surface area contributed by atoms with E-state index in [2.05, 4.69) is 4.98 Å². The number of non-ortho nitro benzene ring substituents is 1. The van der Waals surface area contributed by atoms with E-state index in [1.807, 2.05) is 17.0 Å². The highest BCUT2D eigenvalue weighted by Crippen LogP contribution is 2.31. The van der Waals surface area contributed by atoms with Crippen molar-refractivity contribution in [3.63, 3.8) is 0 Å². The number of carbonyl (C=O) groups is 1. The molecule has 1 aromatic heterocycles. The third-order valence-electron chi connectivity index (χ3n) is 4.16. The molecule has 1 amide bonds. The van der Waals surface area contributed by atoms with Gasteiger partial charge in [0, 0.05) is 36.6 Å². The molecule has 0 radical (unpaired) electrons. The second kappa shape index (κ2) is 6.56. The van der Waals surface area contributed by atoms with E-state index in [9.17, 15) is 14.9 Å². The number of benzene rings is 1. The van der Waals surface area contributed by atoms with Gasteiger partial charge in [-0.05, 0) is 43.0 Å². The van der Waals surface area contributed by atoms with Gasteiger partial charge in [-0.25, -0.2) is 0 Å². The quantitative estimate of drug-likeness (QED) is 0.643. The van der Waals surface area contributed by atoms with Crippen molar-refractivity contribution in [2.45, 2.75) is 25.3 Å². The molecule has 0 bridgehead atoms. The fourth-order valence-electron chi connectivity index (χ4n) is 2.99. The van der Waals surface area contributed by atoms with Crippen LogP contribution in [0.15, 0.2) is 48.8 Å². The lowest BCUT2D eigenvalue weighted by Crippen LogP contribution is -2.38. The summed E-state index contributed by atoms with van der Waals surface area (Å²) in [6.07, 6.45) is 6.46. The topological polar surface area (TPSA) is 76.3 Å². The molecular weight excluding hydrogens is 294 g/mol. The van der Waals surface area contributed by atoms with Gasteiger partial charge in [-0.1, -0.05) is 6.07 Å². The molecule has 1 saturated heterocycles. The Kier molecular flexibility index (Phi) is 4.32. The van der Waals surface area contributed by atoms with Crippen LogP contribution in [0.5, 0.6) is 0 Å². The maximum absolute atomic E-state index is 12.8. The van der Waals surface area contributed by atoms with Crippen LogP contribution in [0.2, 0.25) is 0 Å². The average molecular weight is 311 g/mol. The Hall–Kier alpha value is -2.76. The third kappa shape index (κ3) is 3.21. The number of hydrogen-bond donors (Lipinski definition) is 0. The first-order valence-electron chi connectivity index (χ1n) is 7.62. The Labute approximate surface area is 133 Å². The molecule has 1 unspecified atom stereocenters. The molecule has 2 aromatic rings. The molecular formula is C17H17N3O3. The Morgan fingerprint density at radius 2 is 2.00 bits per heavy atom. The molecule has 0 spiro atoms. The molecule has 1 aliphatic rings. The number of piperidine rings is 1. The second-order valence-corrected chi connectivity index (χ2v) is 5.60. The standard InChI is InChI=1S/C17H17N3O3/c21-17(13-6-8-15(9-7-13)20(22)23)19-11-2-1-5-16(19)14-4-3-10-18-12-14/h3-4,6-10,12,16H,1-2,5,11H2. The largest absolute Gasteiger partial charge is 0.332 e. The van der Waals surface area contributed by atoms with Crippen molar-refractivity contribution in [2.24, 2.45) is 0 Å². The smallest absolute Gasteiger partial charge is 0.269 e. The van der Waals surface area contributed by atoms with Crippen molar-refractivity contribution in [3.8, 4) is 0 Å². The number of nitro benzene ring substituents is 1. The fourth-order valence-corrected chi connectivity index (χ4v) is 2.99. The minimum atomic E-state index is -0.465. The highest BCUT2D eigenvalue weighted by Gasteiger charge is 2.28. The summed E-state index contributed by atoms with van der Waals surface area (Å²) in [5, 5.41) is 10.7. The van der Waals surface area contributed by atoms with Crippen molar-refractivity contribution in [1.82, 2.24) is 9.88 Å². The normalized spacial score (nSPS) is 17.7. The molecule has 2 heterocycles. The Bertz CT molecular complexity index is 701. The lowest BCUT2D eigenvalue weighted by molar-refractivity contribution is -0.384. The minimum Gasteiger partial charge on any atom is -0.332 e. The van der Waals surface area contributed by atoms with E-state index in [-0.39, 0.29) is 17.6 Å². The summed E-state index contributed by atoms with van der Waals surface area (Å²) >= 11 is 0. The lowest BCUT2D eigenvalue weighted by atomic mass is 9.95. The number of pyridine rings is 1. The lowest BCUT2D eigenvalue weighted by Gasteiger charge is -2.36. The van der Waals surface area contributed by atoms with E-state index in [0.29, 0.717) is 12.1 Å². The van der Waals surface area contributed by atoms with Crippen molar-refractivity contribution >= 4 is 11.6 Å². The van der Waals surface area contributed by atoms with E-state index in [0.717, 1.165) is 24.8 Å². The Morgan fingerprint density at radius 3 is 2.65 bits per heavy atom. The van der Waals surface area contributed by atoms with Crippen molar-refractivity contribution in [2.75, 3.05) is 6.54 Å². The van der Waals surface area contributed by atoms with Crippen LogP contribution in [0.1, 0.15) is 41.2 Å². The van der Waals surface area contributed by atoms with Crippen molar-refractivity contribution in [3.05, 3.63) is 70.0 Å². The molecule has 118 valence electrons. The molecule has 0 N–H and O–H groups in total. The van der Waals surface area contributed by atoms with Gasteiger partial charge in [-0.2, -0.15) is 0 Å². The third-order valence-corrected chi connectivity index (χ3v) is 4.16. The predicted molar refractivity (Wildman–Crippen MR) is 85.0 cm³/mol. The number of carbonyl (C=O) groups excluding carboxylic acids is 1. The molecule has 1 aromatic carbocycles. The summed E-state index contributed by atoms with van der Waals surface area (Å²) in [7, 11) is 0. The summed E-state index contributed by atoms with van der Waals surface area (Å²) in [5.41, 5.74) is 1.50. The van der Waals surface area contributed by atoms with Gasteiger partial charge in [0.25, 0.3) is 11.6 Å². The number of hydrogen-bond acceptors (Lipinski definition) is 4. The van der Waals surface area contributed by atoms with Gasteiger partial charge < -0.3 is 4.90 Å². The minimum absolute atomic E-state index is 0.0102. The van der Waals surface area contributed by atoms with Crippen LogP contribution in [-0.2, 0) is 0 Å². The number of nitrogens with zero attached hydrogens (tertiary/aromatic N) is 3. The number of amides is 1. The molecule has 23 heavy (non-hydrogen) atoms.